The minimum absolute atomic E-state index is 0.0287. The Hall–Kier alpha value is -3.59. The summed E-state index contributed by atoms with van der Waals surface area (Å²) in [5, 5.41) is 11.4. The molecule has 9 heteroatoms. The van der Waals surface area contributed by atoms with E-state index in [1.165, 1.54) is 12.0 Å². The van der Waals surface area contributed by atoms with Crippen LogP contribution in [-0.4, -0.2) is 78.5 Å². The van der Waals surface area contributed by atoms with Crippen LogP contribution in [0.4, 0.5) is 0 Å². The number of likely N-dealkylation sites (N-methyl/N-ethyl adjacent to an activating group) is 1. The van der Waals surface area contributed by atoms with Crippen LogP contribution in [0, 0.1) is 13.8 Å². The number of aromatic nitrogens is 1. The van der Waals surface area contributed by atoms with Gasteiger partial charge in [0.05, 0.1) is 25.3 Å². The third-order valence-electron chi connectivity index (χ3n) is 5.88. The Labute approximate surface area is 199 Å². The smallest absolute Gasteiger partial charge is 0.354 e. The second-order valence-corrected chi connectivity index (χ2v) is 8.42. The average Bonchev–Trinajstić information content (AvgIpc) is 3.24. The standard InChI is InChI=1S/C25H31N3O6/c1-7-34-17-10-8-9-16(13-17)21-19(23(30)24(31)28(21)12-11-27(4)5)22(29)18-14(2)20(25(32)33-6)26-15(18)3/h8-10,13,21,26,29H,7,11-12H2,1-6H3/b22-19+. The number of methoxy groups -OCH3 is 1. The van der Waals surface area contributed by atoms with Crippen LogP contribution >= 0.6 is 0 Å². The number of hydrogen-bond acceptors (Lipinski definition) is 7. The first-order valence-electron chi connectivity index (χ1n) is 11.1. The van der Waals surface area contributed by atoms with E-state index in [1.807, 2.05) is 25.9 Å². The van der Waals surface area contributed by atoms with Crippen molar-refractivity contribution in [1.82, 2.24) is 14.8 Å². The fraction of sp³-hybridized carbons (Fsp3) is 0.400. The maximum atomic E-state index is 13.2. The molecule has 0 radical (unpaired) electrons. The van der Waals surface area contributed by atoms with E-state index in [1.54, 1.807) is 38.1 Å². The van der Waals surface area contributed by atoms with E-state index >= 15 is 0 Å². The third-order valence-corrected chi connectivity index (χ3v) is 5.88. The van der Waals surface area contributed by atoms with Crippen LogP contribution < -0.4 is 4.74 Å². The largest absolute Gasteiger partial charge is 0.507 e. The van der Waals surface area contributed by atoms with E-state index in [0.717, 1.165) is 0 Å². The Kier molecular flexibility index (Phi) is 7.46. The van der Waals surface area contributed by atoms with E-state index in [9.17, 15) is 19.5 Å². The number of aliphatic hydroxyl groups excluding tert-OH is 1. The summed E-state index contributed by atoms with van der Waals surface area (Å²) < 4.78 is 10.4. The number of H-pyrrole nitrogens is 1. The van der Waals surface area contributed by atoms with Gasteiger partial charge in [-0.2, -0.15) is 0 Å². The summed E-state index contributed by atoms with van der Waals surface area (Å²) in [6.07, 6.45) is 0. The number of aliphatic hydroxyl groups is 1. The number of esters is 1. The van der Waals surface area contributed by atoms with Gasteiger partial charge < -0.3 is 29.4 Å². The van der Waals surface area contributed by atoms with Gasteiger partial charge in [-0.25, -0.2) is 4.79 Å². The highest BCUT2D eigenvalue weighted by molar-refractivity contribution is 6.46. The zero-order valence-corrected chi connectivity index (χ0v) is 20.4. The molecule has 1 atom stereocenters. The fourth-order valence-electron chi connectivity index (χ4n) is 4.25. The number of benzene rings is 1. The van der Waals surface area contributed by atoms with Crippen molar-refractivity contribution in [2.45, 2.75) is 26.8 Å². The summed E-state index contributed by atoms with van der Waals surface area (Å²) in [7, 11) is 5.02. The zero-order chi connectivity index (χ0) is 25.2. The Morgan fingerprint density at radius 1 is 1.24 bits per heavy atom. The first-order chi connectivity index (χ1) is 16.1. The molecule has 0 aliphatic carbocycles. The number of rotatable bonds is 8. The Morgan fingerprint density at radius 3 is 2.56 bits per heavy atom. The lowest BCUT2D eigenvalue weighted by Gasteiger charge is -2.27. The molecule has 1 amide bonds. The number of hydrogen-bond donors (Lipinski definition) is 2. The van der Waals surface area contributed by atoms with Crippen molar-refractivity contribution in [3.63, 3.8) is 0 Å². The van der Waals surface area contributed by atoms with Gasteiger partial charge in [0.1, 0.15) is 17.2 Å². The molecule has 3 rings (SSSR count). The first kappa shape index (κ1) is 25.0. The quantitative estimate of drug-likeness (QED) is 0.265. The number of ether oxygens (including phenoxy) is 2. The second kappa shape index (κ2) is 10.1. The lowest BCUT2D eigenvalue weighted by molar-refractivity contribution is -0.140. The number of likely N-dealkylation sites (tertiary alicyclic amines) is 1. The highest BCUT2D eigenvalue weighted by Crippen LogP contribution is 2.41. The predicted molar refractivity (Wildman–Crippen MR) is 127 cm³/mol. The molecule has 2 aromatic rings. The van der Waals surface area contributed by atoms with E-state index in [4.69, 9.17) is 9.47 Å². The number of aromatic amines is 1. The summed E-state index contributed by atoms with van der Waals surface area (Å²) in [5.41, 5.74) is 2.01. The Balaban J connectivity index is 2.22. The topological polar surface area (TPSA) is 112 Å². The van der Waals surface area contributed by atoms with Crippen molar-refractivity contribution in [3.8, 4) is 5.75 Å². The molecule has 1 fully saturated rings. The van der Waals surface area contributed by atoms with Gasteiger partial charge >= 0.3 is 5.97 Å². The van der Waals surface area contributed by atoms with Crippen LogP contribution in [0.3, 0.4) is 0 Å². The molecule has 0 bridgehead atoms. The summed E-state index contributed by atoms with van der Waals surface area (Å²) in [6.45, 7) is 6.48. The maximum absolute atomic E-state index is 13.2. The van der Waals surface area contributed by atoms with Crippen molar-refractivity contribution in [2.75, 3.05) is 40.9 Å². The second-order valence-electron chi connectivity index (χ2n) is 8.42. The fourth-order valence-corrected chi connectivity index (χ4v) is 4.25. The van der Waals surface area contributed by atoms with Gasteiger partial charge in [0, 0.05) is 24.3 Å². The van der Waals surface area contributed by atoms with Gasteiger partial charge in [0.2, 0.25) is 0 Å². The lowest BCUT2D eigenvalue weighted by Crippen LogP contribution is -2.35. The summed E-state index contributed by atoms with van der Waals surface area (Å²) in [6, 6.07) is 6.34. The van der Waals surface area contributed by atoms with Crippen molar-refractivity contribution < 1.29 is 29.0 Å². The number of amides is 1. The number of ketones is 1. The van der Waals surface area contributed by atoms with Crippen molar-refractivity contribution in [3.05, 3.63) is 57.9 Å². The van der Waals surface area contributed by atoms with Crippen molar-refractivity contribution >= 4 is 23.4 Å². The number of carbonyl (C=O) groups excluding carboxylic acids is 3. The summed E-state index contributed by atoms with van der Waals surface area (Å²) in [4.78, 5) is 44.8. The SMILES string of the molecule is CCOc1cccc(C2/C(=C(\O)c3c(C)[nH]c(C(=O)OC)c3C)C(=O)C(=O)N2CCN(C)C)c1. The van der Waals surface area contributed by atoms with Crippen LogP contribution in [0.25, 0.3) is 5.76 Å². The molecule has 1 aromatic carbocycles. The van der Waals surface area contributed by atoms with Gasteiger partial charge in [-0.05, 0) is 58.1 Å². The molecule has 9 nitrogen and oxygen atoms in total. The highest BCUT2D eigenvalue weighted by Gasteiger charge is 2.46. The summed E-state index contributed by atoms with van der Waals surface area (Å²) in [5.74, 6) is -1.79. The molecular weight excluding hydrogens is 438 g/mol. The van der Waals surface area contributed by atoms with Crippen LogP contribution in [0.15, 0.2) is 29.8 Å². The molecule has 0 spiro atoms. The summed E-state index contributed by atoms with van der Waals surface area (Å²) >= 11 is 0. The van der Waals surface area contributed by atoms with Crippen LogP contribution in [0.5, 0.6) is 5.75 Å². The molecular formula is C25H31N3O6. The molecule has 2 N–H and O–H groups in total. The van der Waals surface area contributed by atoms with Crippen LogP contribution in [0.1, 0.15) is 45.8 Å². The minimum Gasteiger partial charge on any atom is -0.507 e. The van der Waals surface area contributed by atoms with E-state index in [0.29, 0.717) is 41.3 Å². The van der Waals surface area contributed by atoms with E-state index in [-0.39, 0.29) is 23.6 Å². The van der Waals surface area contributed by atoms with E-state index < -0.39 is 23.7 Å². The number of nitrogens with zero attached hydrogens (tertiary/aromatic N) is 2. The molecule has 1 aliphatic rings. The van der Waals surface area contributed by atoms with Gasteiger partial charge in [0.25, 0.3) is 11.7 Å². The van der Waals surface area contributed by atoms with Gasteiger partial charge in [0.15, 0.2) is 0 Å². The normalized spacial score (nSPS) is 17.5. The molecule has 2 heterocycles. The molecule has 1 unspecified atom stereocenters. The Bertz CT molecular complexity index is 1150. The van der Waals surface area contributed by atoms with Crippen LogP contribution in [-0.2, 0) is 14.3 Å². The van der Waals surface area contributed by atoms with E-state index in [2.05, 4.69) is 4.98 Å². The monoisotopic (exact) mass is 469 g/mol. The molecule has 182 valence electrons. The number of aryl methyl sites for hydroxylation is 1. The maximum Gasteiger partial charge on any atom is 0.354 e. The third kappa shape index (κ3) is 4.56. The van der Waals surface area contributed by atoms with Gasteiger partial charge in [-0.3, -0.25) is 9.59 Å². The molecule has 34 heavy (non-hydrogen) atoms. The zero-order valence-electron chi connectivity index (χ0n) is 20.4. The van der Waals surface area contributed by atoms with Crippen molar-refractivity contribution in [2.24, 2.45) is 0 Å². The highest BCUT2D eigenvalue weighted by atomic mass is 16.5. The van der Waals surface area contributed by atoms with Crippen molar-refractivity contribution in [1.29, 1.82) is 0 Å². The minimum atomic E-state index is -0.810. The molecule has 1 aromatic heterocycles. The lowest BCUT2D eigenvalue weighted by atomic mass is 9.94. The number of nitrogens with one attached hydrogen (secondary N) is 1. The van der Waals surface area contributed by atoms with Gasteiger partial charge in [-0.15, -0.1) is 0 Å². The predicted octanol–water partition coefficient (Wildman–Crippen LogP) is 2.80. The number of carbonyl (C=O) groups is 3. The average molecular weight is 470 g/mol. The first-order valence-corrected chi connectivity index (χ1v) is 11.1. The Morgan fingerprint density at radius 2 is 1.94 bits per heavy atom. The molecule has 1 aliphatic heterocycles. The molecule has 1 saturated heterocycles. The van der Waals surface area contributed by atoms with Crippen LogP contribution in [0.2, 0.25) is 0 Å². The van der Waals surface area contributed by atoms with Gasteiger partial charge in [-0.1, -0.05) is 12.1 Å². The molecule has 0 saturated carbocycles. The number of Topliss-reactive ketones (excluding diaryl/α,β-unsaturated/α-hetero) is 1.